The molecule has 0 aliphatic carbocycles. The Morgan fingerprint density at radius 3 is 2.89 bits per heavy atom. The van der Waals surface area contributed by atoms with Gasteiger partial charge >= 0.3 is 0 Å². The maximum absolute atomic E-state index is 12.9. The van der Waals surface area contributed by atoms with Gasteiger partial charge in [-0.05, 0) is 31.0 Å². The minimum Gasteiger partial charge on any atom is -0.379 e. The first-order valence-electron chi connectivity index (χ1n) is 9.71. The number of nitrogens with zero attached hydrogens (tertiary/aromatic N) is 2. The molecule has 0 spiro atoms. The van der Waals surface area contributed by atoms with Gasteiger partial charge in [0.2, 0.25) is 0 Å². The summed E-state index contributed by atoms with van der Waals surface area (Å²) in [6.45, 7) is 7.30. The molecule has 1 N–H and O–H groups in total. The van der Waals surface area contributed by atoms with E-state index < -0.39 is 0 Å². The number of rotatable bonds is 5. The lowest BCUT2D eigenvalue weighted by Crippen LogP contribution is -2.40. The van der Waals surface area contributed by atoms with Crippen molar-refractivity contribution in [3.8, 4) is 0 Å². The highest BCUT2D eigenvalue weighted by molar-refractivity contribution is 7.13. The fraction of sp³-hybridized carbons (Fsp3) is 0.409. The van der Waals surface area contributed by atoms with Crippen LogP contribution in [0.15, 0.2) is 36.5 Å². The third-order valence-corrected chi connectivity index (χ3v) is 6.71. The van der Waals surface area contributed by atoms with Gasteiger partial charge in [0.1, 0.15) is 4.88 Å². The molecule has 1 aliphatic rings. The SMILES string of the molecule is Cc1nc(C(C)C)sc1C(=O)N[C@H]1COC[C@H]1Cc1ccnc2ccccc12. The highest BCUT2D eigenvalue weighted by atomic mass is 32.1. The number of thiazole rings is 1. The van der Waals surface area contributed by atoms with Crippen molar-refractivity contribution in [2.45, 2.75) is 39.2 Å². The molecular formula is C22H25N3O2S. The van der Waals surface area contributed by atoms with Crippen molar-refractivity contribution in [1.29, 1.82) is 0 Å². The van der Waals surface area contributed by atoms with Crippen LogP contribution in [0.2, 0.25) is 0 Å². The molecule has 1 saturated heterocycles. The molecule has 1 fully saturated rings. The van der Waals surface area contributed by atoms with Crippen molar-refractivity contribution in [3.63, 3.8) is 0 Å². The zero-order chi connectivity index (χ0) is 19.7. The zero-order valence-corrected chi connectivity index (χ0v) is 17.3. The summed E-state index contributed by atoms with van der Waals surface area (Å²) in [5.74, 6) is 0.530. The number of carbonyl (C=O) groups is 1. The Labute approximate surface area is 169 Å². The molecule has 0 saturated carbocycles. The van der Waals surface area contributed by atoms with Gasteiger partial charge in [-0.25, -0.2) is 4.98 Å². The van der Waals surface area contributed by atoms with E-state index in [1.807, 2.05) is 31.3 Å². The molecule has 1 amide bonds. The summed E-state index contributed by atoms with van der Waals surface area (Å²) in [5.41, 5.74) is 3.05. The average molecular weight is 396 g/mol. The number of para-hydroxylation sites is 1. The van der Waals surface area contributed by atoms with Crippen molar-refractivity contribution in [2.75, 3.05) is 13.2 Å². The van der Waals surface area contributed by atoms with Crippen molar-refractivity contribution < 1.29 is 9.53 Å². The molecule has 2 atom stereocenters. The summed E-state index contributed by atoms with van der Waals surface area (Å²) in [4.78, 5) is 22.6. The lowest BCUT2D eigenvalue weighted by Gasteiger charge is -2.19. The minimum absolute atomic E-state index is 0.00317. The number of aryl methyl sites for hydroxylation is 1. The zero-order valence-electron chi connectivity index (χ0n) is 16.4. The monoisotopic (exact) mass is 395 g/mol. The summed E-state index contributed by atoms with van der Waals surface area (Å²) in [6, 6.07) is 10.3. The van der Waals surface area contributed by atoms with Crippen LogP contribution in [-0.2, 0) is 11.2 Å². The van der Waals surface area contributed by atoms with E-state index >= 15 is 0 Å². The maximum atomic E-state index is 12.9. The molecule has 28 heavy (non-hydrogen) atoms. The van der Waals surface area contributed by atoms with Crippen molar-refractivity contribution >= 4 is 28.1 Å². The summed E-state index contributed by atoms with van der Waals surface area (Å²) in [7, 11) is 0. The Bertz CT molecular complexity index is 993. The molecule has 0 radical (unpaired) electrons. The van der Waals surface area contributed by atoms with Crippen LogP contribution < -0.4 is 5.32 Å². The van der Waals surface area contributed by atoms with Crippen LogP contribution in [0.3, 0.4) is 0 Å². The molecule has 2 aromatic heterocycles. The maximum Gasteiger partial charge on any atom is 0.263 e. The number of ether oxygens (including phenoxy) is 1. The molecule has 3 heterocycles. The normalized spacial score (nSPS) is 19.4. The largest absolute Gasteiger partial charge is 0.379 e. The first-order chi connectivity index (χ1) is 13.5. The number of benzene rings is 1. The average Bonchev–Trinajstić information content (AvgIpc) is 3.28. The number of hydrogen-bond donors (Lipinski definition) is 1. The van der Waals surface area contributed by atoms with Crippen LogP contribution in [0, 0.1) is 12.8 Å². The standard InChI is InChI=1S/C22H25N3O2S/c1-13(2)22-24-14(3)20(28-22)21(26)25-19-12-27-11-16(19)10-15-8-9-23-18-7-5-4-6-17(15)18/h4-9,13,16,19H,10-12H2,1-3H3,(H,25,26)/t16-,19+/m1/s1. The molecule has 0 bridgehead atoms. The molecule has 146 valence electrons. The summed E-state index contributed by atoms with van der Waals surface area (Å²) in [5, 5.41) is 5.37. The van der Waals surface area contributed by atoms with Crippen LogP contribution in [0.5, 0.6) is 0 Å². The van der Waals surface area contributed by atoms with Crippen molar-refractivity contribution in [2.24, 2.45) is 5.92 Å². The van der Waals surface area contributed by atoms with Crippen LogP contribution >= 0.6 is 11.3 Å². The van der Waals surface area contributed by atoms with E-state index in [-0.39, 0.29) is 17.9 Å². The van der Waals surface area contributed by atoms with Crippen LogP contribution in [-0.4, -0.2) is 35.1 Å². The Morgan fingerprint density at radius 2 is 2.11 bits per heavy atom. The van der Waals surface area contributed by atoms with Gasteiger partial charge in [0.15, 0.2) is 0 Å². The minimum atomic E-state index is -0.0398. The number of amides is 1. The van der Waals surface area contributed by atoms with E-state index in [1.54, 1.807) is 0 Å². The highest BCUT2D eigenvalue weighted by Gasteiger charge is 2.31. The second-order valence-electron chi connectivity index (χ2n) is 7.69. The van der Waals surface area contributed by atoms with Gasteiger partial charge in [-0.15, -0.1) is 11.3 Å². The van der Waals surface area contributed by atoms with E-state index in [4.69, 9.17) is 4.74 Å². The number of nitrogens with one attached hydrogen (secondary N) is 1. The number of hydrogen-bond acceptors (Lipinski definition) is 5. The second-order valence-corrected chi connectivity index (χ2v) is 8.72. The number of pyridine rings is 1. The third-order valence-electron chi connectivity index (χ3n) is 5.25. The smallest absolute Gasteiger partial charge is 0.263 e. The van der Waals surface area contributed by atoms with Gasteiger partial charge in [-0.3, -0.25) is 9.78 Å². The lowest BCUT2D eigenvalue weighted by molar-refractivity contribution is 0.0928. The van der Waals surface area contributed by atoms with E-state index in [9.17, 15) is 4.79 Å². The van der Waals surface area contributed by atoms with Gasteiger partial charge in [0.05, 0.1) is 35.5 Å². The fourth-order valence-electron chi connectivity index (χ4n) is 3.68. The van der Waals surface area contributed by atoms with Crippen molar-refractivity contribution in [1.82, 2.24) is 15.3 Å². The Hall–Kier alpha value is -2.31. The van der Waals surface area contributed by atoms with Gasteiger partial charge < -0.3 is 10.1 Å². The van der Waals surface area contributed by atoms with Gasteiger partial charge in [-0.2, -0.15) is 0 Å². The van der Waals surface area contributed by atoms with E-state index in [0.717, 1.165) is 22.6 Å². The van der Waals surface area contributed by atoms with E-state index in [2.05, 4.69) is 41.3 Å². The van der Waals surface area contributed by atoms with Gasteiger partial charge in [0.25, 0.3) is 5.91 Å². The van der Waals surface area contributed by atoms with Crippen LogP contribution in [0.4, 0.5) is 0 Å². The van der Waals surface area contributed by atoms with Gasteiger partial charge in [0, 0.05) is 23.4 Å². The molecule has 1 aromatic carbocycles. The molecule has 3 aromatic rings. The Kier molecular flexibility index (Phi) is 5.42. The molecule has 1 aliphatic heterocycles. The molecule has 4 rings (SSSR count). The van der Waals surface area contributed by atoms with E-state index in [1.165, 1.54) is 22.3 Å². The molecular weight excluding hydrogens is 370 g/mol. The summed E-state index contributed by atoms with van der Waals surface area (Å²) in [6.07, 6.45) is 2.71. The Balaban J connectivity index is 1.50. The predicted molar refractivity (Wildman–Crippen MR) is 112 cm³/mol. The first kappa shape index (κ1) is 19.0. The van der Waals surface area contributed by atoms with E-state index in [0.29, 0.717) is 24.0 Å². The number of fused-ring (bicyclic) bond motifs is 1. The van der Waals surface area contributed by atoms with Crippen molar-refractivity contribution in [3.05, 3.63) is 57.7 Å². The van der Waals surface area contributed by atoms with Gasteiger partial charge in [-0.1, -0.05) is 32.0 Å². The lowest BCUT2D eigenvalue weighted by atomic mass is 9.93. The first-order valence-corrected chi connectivity index (χ1v) is 10.5. The number of carbonyl (C=O) groups excluding carboxylic acids is 1. The predicted octanol–water partition coefficient (Wildman–Crippen LogP) is 4.11. The highest BCUT2D eigenvalue weighted by Crippen LogP contribution is 2.27. The molecule has 6 heteroatoms. The molecule has 5 nitrogen and oxygen atoms in total. The fourth-order valence-corrected chi connectivity index (χ4v) is 4.66. The topological polar surface area (TPSA) is 64.1 Å². The third kappa shape index (κ3) is 3.80. The quantitative estimate of drug-likeness (QED) is 0.706. The summed E-state index contributed by atoms with van der Waals surface area (Å²) < 4.78 is 5.72. The second kappa shape index (κ2) is 7.97. The summed E-state index contributed by atoms with van der Waals surface area (Å²) >= 11 is 1.49. The van der Waals surface area contributed by atoms with Crippen LogP contribution in [0.1, 0.15) is 45.7 Å². The number of aromatic nitrogens is 2. The Morgan fingerprint density at radius 1 is 1.29 bits per heavy atom. The molecule has 0 unspecified atom stereocenters. The van der Waals surface area contributed by atoms with Crippen LogP contribution in [0.25, 0.3) is 10.9 Å².